The molecule has 0 atom stereocenters. The van der Waals surface area contributed by atoms with Crippen LogP contribution in [-0.2, 0) is 6.42 Å². The average Bonchev–Trinajstić information content (AvgIpc) is 2.27. The second kappa shape index (κ2) is 5.65. The molecule has 0 bridgehead atoms. The molecule has 90 valence electrons. The Morgan fingerprint density at radius 3 is 2.38 bits per heavy atom. The van der Waals surface area contributed by atoms with Crippen LogP contribution in [0.25, 0.3) is 0 Å². The van der Waals surface area contributed by atoms with Crippen molar-refractivity contribution in [2.24, 2.45) is 11.8 Å². The van der Waals surface area contributed by atoms with E-state index in [0.717, 1.165) is 30.2 Å². The molecule has 0 unspecified atom stereocenters. The molecule has 0 aliphatic heterocycles. The van der Waals surface area contributed by atoms with Crippen LogP contribution in [0.5, 0.6) is 0 Å². The molecule has 1 rings (SSSR count). The molecule has 1 heterocycles. The molecule has 5 nitrogen and oxygen atoms in total. The van der Waals surface area contributed by atoms with E-state index in [4.69, 9.17) is 5.84 Å². The average molecular weight is 223 g/mol. The Bertz CT molecular complexity index is 348. The first kappa shape index (κ1) is 12.7. The highest BCUT2D eigenvalue weighted by Gasteiger charge is 2.09. The van der Waals surface area contributed by atoms with Crippen LogP contribution in [0, 0.1) is 12.8 Å². The van der Waals surface area contributed by atoms with Gasteiger partial charge in [0.05, 0.1) is 0 Å². The molecule has 0 aliphatic carbocycles. The van der Waals surface area contributed by atoms with Gasteiger partial charge in [-0.05, 0) is 12.8 Å². The molecule has 0 spiro atoms. The third kappa shape index (κ3) is 3.06. The maximum absolute atomic E-state index is 5.43. The molecule has 0 saturated carbocycles. The predicted molar refractivity (Wildman–Crippen MR) is 67.3 cm³/mol. The van der Waals surface area contributed by atoms with Gasteiger partial charge in [0.1, 0.15) is 17.5 Å². The number of hydrogen-bond acceptors (Lipinski definition) is 5. The first-order valence-corrected chi connectivity index (χ1v) is 5.66. The lowest BCUT2D eigenvalue weighted by Crippen LogP contribution is -2.16. The second-order valence-electron chi connectivity index (χ2n) is 4.23. The van der Waals surface area contributed by atoms with Crippen molar-refractivity contribution in [3.63, 3.8) is 0 Å². The van der Waals surface area contributed by atoms with E-state index in [1.54, 1.807) is 0 Å². The normalized spacial score (nSPS) is 10.6. The first-order chi connectivity index (χ1) is 7.58. The standard InChI is InChI=1S/C11H21N5/c1-5-9-14-10(13-6-7(2)3)8(4)11(15-9)16-12/h7H,5-6,12H2,1-4H3,(H2,13,14,15,16). The molecule has 5 heteroatoms. The van der Waals surface area contributed by atoms with Crippen molar-refractivity contribution in [2.75, 3.05) is 17.3 Å². The fourth-order valence-electron chi connectivity index (χ4n) is 1.33. The fraction of sp³-hybridized carbons (Fsp3) is 0.636. The Hall–Kier alpha value is -1.36. The lowest BCUT2D eigenvalue weighted by atomic mass is 10.2. The van der Waals surface area contributed by atoms with E-state index < -0.39 is 0 Å². The topological polar surface area (TPSA) is 75.9 Å². The molecule has 0 amide bonds. The van der Waals surface area contributed by atoms with Crippen LogP contribution in [0.2, 0.25) is 0 Å². The highest BCUT2D eigenvalue weighted by Crippen LogP contribution is 2.19. The van der Waals surface area contributed by atoms with Gasteiger partial charge in [-0.3, -0.25) is 0 Å². The SMILES string of the molecule is CCc1nc(NN)c(C)c(NCC(C)C)n1. The third-order valence-corrected chi connectivity index (χ3v) is 2.32. The monoisotopic (exact) mass is 223 g/mol. The Morgan fingerprint density at radius 2 is 1.88 bits per heavy atom. The molecule has 1 aromatic rings. The molecule has 0 saturated heterocycles. The number of rotatable bonds is 5. The summed E-state index contributed by atoms with van der Waals surface area (Å²) in [7, 11) is 0. The van der Waals surface area contributed by atoms with Crippen LogP contribution in [-0.4, -0.2) is 16.5 Å². The number of aryl methyl sites for hydroxylation is 1. The summed E-state index contributed by atoms with van der Waals surface area (Å²) in [5, 5.41) is 3.32. The summed E-state index contributed by atoms with van der Waals surface area (Å²) in [5.74, 6) is 8.37. The number of nitrogens with two attached hydrogens (primary N) is 1. The van der Waals surface area contributed by atoms with Gasteiger partial charge < -0.3 is 10.7 Å². The number of hydrazine groups is 1. The van der Waals surface area contributed by atoms with Crippen molar-refractivity contribution in [3.05, 3.63) is 11.4 Å². The van der Waals surface area contributed by atoms with Gasteiger partial charge in [-0.25, -0.2) is 15.8 Å². The van der Waals surface area contributed by atoms with Crippen molar-refractivity contribution >= 4 is 11.6 Å². The van der Waals surface area contributed by atoms with Crippen LogP contribution < -0.4 is 16.6 Å². The number of hydrogen-bond donors (Lipinski definition) is 3. The van der Waals surface area contributed by atoms with Crippen molar-refractivity contribution < 1.29 is 0 Å². The van der Waals surface area contributed by atoms with Crippen molar-refractivity contribution in [1.29, 1.82) is 0 Å². The van der Waals surface area contributed by atoms with Gasteiger partial charge >= 0.3 is 0 Å². The lowest BCUT2D eigenvalue weighted by molar-refractivity contribution is 0.685. The van der Waals surface area contributed by atoms with Gasteiger partial charge in [-0.2, -0.15) is 0 Å². The summed E-state index contributed by atoms with van der Waals surface area (Å²) >= 11 is 0. The van der Waals surface area contributed by atoms with Gasteiger partial charge in [0, 0.05) is 18.5 Å². The minimum absolute atomic E-state index is 0.578. The Labute approximate surface area is 96.8 Å². The van der Waals surface area contributed by atoms with E-state index >= 15 is 0 Å². The highest BCUT2D eigenvalue weighted by molar-refractivity contribution is 5.56. The zero-order chi connectivity index (χ0) is 12.1. The van der Waals surface area contributed by atoms with Gasteiger partial charge in [0.25, 0.3) is 0 Å². The minimum Gasteiger partial charge on any atom is -0.369 e. The summed E-state index contributed by atoms with van der Waals surface area (Å²) < 4.78 is 0. The van der Waals surface area contributed by atoms with Crippen molar-refractivity contribution in [2.45, 2.75) is 34.1 Å². The maximum Gasteiger partial charge on any atom is 0.148 e. The molecule has 0 aliphatic rings. The molecule has 1 aromatic heterocycles. The van der Waals surface area contributed by atoms with Gasteiger partial charge in [0.2, 0.25) is 0 Å². The third-order valence-electron chi connectivity index (χ3n) is 2.32. The molecule has 0 aromatic carbocycles. The lowest BCUT2D eigenvalue weighted by Gasteiger charge is -2.14. The Kier molecular flexibility index (Phi) is 4.49. The van der Waals surface area contributed by atoms with Crippen LogP contribution in [0.15, 0.2) is 0 Å². The number of nitrogens with zero attached hydrogens (tertiary/aromatic N) is 2. The maximum atomic E-state index is 5.43. The van der Waals surface area contributed by atoms with Gasteiger partial charge in [-0.1, -0.05) is 20.8 Å². The molecular weight excluding hydrogens is 202 g/mol. The Morgan fingerprint density at radius 1 is 1.25 bits per heavy atom. The second-order valence-corrected chi connectivity index (χ2v) is 4.23. The van der Waals surface area contributed by atoms with E-state index in [2.05, 4.69) is 34.6 Å². The largest absolute Gasteiger partial charge is 0.369 e. The van der Waals surface area contributed by atoms with Crippen molar-refractivity contribution in [3.8, 4) is 0 Å². The molecular formula is C11H21N5. The number of anilines is 2. The van der Waals surface area contributed by atoms with Gasteiger partial charge in [0.15, 0.2) is 0 Å². The van der Waals surface area contributed by atoms with E-state index in [-0.39, 0.29) is 0 Å². The number of aromatic nitrogens is 2. The highest BCUT2D eigenvalue weighted by atomic mass is 15.3. The predicted octanol–water partition coefficient (Wildman–Crippen LogP) is 1.70. The van der Waals surface area contributed by atoms with E-state index in [0.29, 0.717) is 11.7 Å². The Balaban J connectivity index is 2.96. The summed E-state index contributed by atoms with van der Waals surface area (Å²) in [6.07, 6.45) is 0.797. The van der Waals surface area contributed by atoms with E-state index in [9.17, 15) is 0 Å². The molecule has 0 radical (unpaired) electrons. The van der Waals surface area contributed by atoms with Gasteiger partial charge in [-0.15, -0.1) is 0 Å². The quantitative estimate of drug-likeness (QED) is 0.523. The van der Waals surface area contributed by atoms with E-state index in [1.165, 1.54) is 0 Å². The molecule has 16 heavy (non-hydrogen) atoms. The zero-order valence-electron chi connectivity index (χ0n) is 10.5. The summed E-state index contributed by atoms with van der Waals surface area (Å²) in [4.78, 5) is 8.76. The summed E-state index contributed by atoms with van der Waals surface area (Å²) in [6.45, 7) is 9.19. The van der Waals surface area contributed by atoms with E-state index in [1.807, 2.05) is 13.8 Å². The number of nitrogens with one attached hydrogen (secondary N) is 2. The molecule has 4 N–H and O–H groups in total. The van der Waals surface area contributed by atoms with Crippen LogP contribution in [0.4, 0.5) is 11.6 Å². The zero-order valence-corrected chi connectivity index (χ0v) is 10.5. The number of nitrogen functional groups attached to an aromatic ring is 1. The van der Waals surface area contributed by atoms with Crippen LogP contribution in [0.1, 0.15) is 32.2 Å². The van der Waals surface area contributed by atoms with Crippen LogP contribution in [0.3, 0.4) is 0 Å². The molecule has 0 fully saturated rings. The summed E-state index contributed by atoms with van der Waals surface area (Å²) in [6, 6.07) is 0. The first-order valence-electron chi connectivity index (χ1n) is 5.66. The van der Waals surface area contributed by atoms with Crippen LogP contribution >= 0.6 is 0 Å². The fourth-order valence-corrected chi connectivity index (χ4v) is 1.33. The summed E-state index contributed by atoms with van der Waals surface area (Å²) in [5.41, 5.74) is 3.57. The van der Waals surface area contributed by atoms with Crippen molar-refractivity contribution in [1.82, 2.24) is 9.97 Å². The minimum atomic E-state index is 0.578. The smallest absolute Gasteiger partial charge is 0.148 e.